The fourth-order valence-corrected chi connectivity index (χ4v) is 10.3. The zero-order chi connectivity index (χ0) is 38.8. The molecule has 4 aromatic heterocycles. The van der Waals surface area contributed by atoms with Gasteiger partial charge in [-0.25, -0.2) is 0 Å². The number of aromatic nitrogens is 1. The Morgan fingerprint density at radius 2 is 1.12 bits per heavy atom. The summed E-state index contributed by atoms with van der Waals surface area (Å²) in [6, 6.07) is 61.0. The van der Waals surface area contributed by atoms with Crippen LogP contribution in [0, 0.1) is 5.92 Å². The number of hydrogen-bond acceptors (Lipinski definition) is 3. The van der Waals surface area contributed by atoms with Crippen LogP contribution in [0.2, 0.25) is 0 Å². The van der Waals surface area contributed by atoms with Gasteiger partial charge in [0.25, 0.3) is 0 Å². The Labute approximate surface area is 339 Å². The topological polar surface area (TPSA) is 43.0 Å². The molecule has 13 rings (SSSR count). The van der Waals surface area contributed by atoms with Crippen LogP contribution in [0.1, 0.15) is 36.1 Å². The molecule has 1 aliphatic rings. The van der Waals surface area contributed by atoms with Crippen molar-refractivity contribution in [3.63, 3.8) is 0 Å². The van der Waals surface area contributed by atoms with Crippen molar-refractivity contribution in [3.05, 3.63) is 193 Å². The second kappa shape index (κ2) is 12.3. The molecule has 1 unspecified atom stereocenters. The highest BCUT2D eigenvalue weighted by Crippen LogP contribution is 2.47. The molecule has 12 aromatic rings. The summed E-state index contributed by atoms with van der Waals surface area (Å²) >= 11 is 0. The molecule has 2 atom stereocenters. The minimum atomic E-state index is -0.139. The van der Waals surface area contributed by atoms with Crippen molar-refractivity contribution in [3.8, 4) is 11.1 Å². The largest absolute Gasteiger partial charge is 0.456 e. The maximum absolute atomic E-state index is 6.65. The van der Waals surface area contributed by atoms with E-state index in [1.807, 2.05) is 12.1 Å². The molecule has 0 radical (unpaired) electrons. The summed E-state index contributed by atoms with van der Waals surface area (Å²) in [5, 5.41) is 9.66. The third-order valence-electron chi connectivity index (χ3n) is 13.0. The number of benzene rings is 8. The first-order valence-electron chi connectivity index (χ1n) is 20.6. The molecule has 4 nitrogen and oxygen atoms in total. The van der Waals surface area contributed by atoms with E-state index in [0.29, 0.717) is 0 Å². The van der Waals surface area contributed by atoms with Crippen LogP contribution in [0.25, 0.3) is 98.7 Å². The number of fused-ring (bicyclic) bond motifs is 12. The van der Waals surface area contributed by atoms with Crippen LogP contribution in [0.4, 0.5) is 0 Å². The number of rotatable bonds is 5. The highest BCUT2D eigenvalue weighted by Gasteiger charge is 2.32. The number of allylic oxidation sites excluding steroid dienone is 1. The third kappa shape index (κ3) is 4.69. The summed E-state index contributed by atoms with van der Waals surface area (Å²) < 4.78 is 15.5. The molecular weight excluding hydrogens is 721 g/mol. The molecule has 0 N–H and O–H groups in total. The third-order valence-corrected chi connectivity index (χ3v) is 13.0. The van der Waals surface area contributed by atoms with E-state index in [1.165, 1.54) is 54.8 Å². The molecule has 59 heavy (non-hydrogen) atoms. The zero-order valence-electron chi connectivity index (χ0n) is 32.3. The van der Waals surface area contributed by atoms with E-state index >= 15 is 0 Å². The Morgan fingerprint density at radius 3 is 2.00 bits per heavy atom. The molecule has 0 saturated carbocycles. The van der Waals surface area contributed by atoms with Gasteiger partial charge in [-0.3, -0.25) is 4.99 Å². The molecule has 0 aliphatic carbocycles. The predicted octanol–water partition coefficient (Wildman–Crippen LogP) is 15.0. The van der Waals surface area contributed by atoms with Gasteiger partial charge in [0.1, 0.15) is 22.3 Å². The molecular formula is C55H36N2O2. The molecule has 0 bridgehead atoms. The monoisotopic (exact) mass is 756 g/mol. The van der Waals surface area contributed by atoms with E-state index in [2.05, 4.69) is 175 Å². The van der Waals surface area contributed by atoms with Crippen LogP contribution in [-0.4, -0.2) is 10.1 Å². The Kier molecular flexibility index (Phi) is 6.80. The maximum Gasteiger partial charge on any atom is 0.136 e. The molecule has 8 aromatic carbocycles. The molecule has 0 fully saturated rings. The first-order chi connectivity index (χ1) is 29.2. The Hall–Kier alpha value is -7.43. The fourth-order valence-electron chi connectivity index (χ4n) is 10.3. The van der Waals surface area contributed by atoms with E-state index in [4.69, 9.17) is 13.8 Å². The molecule has 4 heteroatoms. The lowest BCUT2D eigenvalue weighted by molar-refractivity contribution is 0.522. The number of dihydropyridines is 1. The Bertz CT molecular complexity index is 3730. The summed E-state index contributed by atoms with van der Waals surface area (Å²) in [7, 11) is 0. The average Bonchev–Trinajstić information content (AvgIpc) is 4.05. The Morgan fingerprint density at radius 1 is 0.475 bits per heavy atom. The number of para-hydroxylation sites is 3. The Balaban J connectivity index is 0.979. The number of nitrogens with zero attached hydrogens (tertiary/aromatic N) is 2. The van der Waals surface area contributed by atoms with Gasteiger partial charge in [-0.1, -0.05) is 122 Å². The molecule has 0 saturated heterocycles. The van der Waals surface area contributed by atoms with Gasteiger partial charge in [0.05, 0.1) is 28.3 Å². The van der Waals surface area contributed by atoms with Gasteiger partial charge in [-0.2, -0.15) is 0 Å². The first-order valence-corrected chi connectivity index (χ1v) is 20.6. The van der Waals surface area contributed by atoms with Crippen LogP contribution in [0.15, 0.2) is 190 Å². The minimum Gasteiger partial charge on any atom is -0.456 e. The highest BCUT2D eigenvalue weighted by molar-refractivity contribution is 6.24. The second-order valence-electron chi connectivity index (χ2n) is 16.1. The van der Waals surface area contributed by atoms with E-state index < -0.39 is 0 Å². The molecule has 1 aliphatic heterocycles. The van der Waals surface area contributed by atoms with Crippen molar-refractivity contribution in [2.75, 3.05) is 0 Å². The van der Waals surface area contributed by atoms with E-state index in [0.717, 1.165) is 72.7 Å². The molecule has 0 amide bonds. The lowest BCUT2D eigenvalue weighted by Crippen LogP contribution is -2.20. The van der Waals surface area contributed by atoms with Crippen molar-refractivity contribution >= 4 is 93.3 Å². The molecule has 5 heterocycles. The predicted molar refractivity (Wildman–Crippen MR) is 245 cm³/mol. The van der Waals surface area contributed by atoms with Crippen LogP contribution in [0.5, 0.6) is 0 Å². The van der Waals surface area contributed by atoms with Gasteiger partial charge >= 0.3 is 0 Å². The standard InChI is InChI=1S/C55H36N2O2/c1-2-36-43(35-22-25-39-38-15-7-9-20-49(38)59-52(39)30-35)31-46(32-12-4-3-5-13-32)56-54(36)42-18-11-21-51-53(42)45-29-34(24-27-50(45)58-51)33-23-26-48-44(28-33)41-17-10-16-40-37-14-6-8-19-47(37)57(48)55(40)41/h3-31,36,54H,2H2,1H3/t36-,54?/m1/s1. The second-order valence-corrected chi connectivity index (χ2v) is 16.1. The van der Waals surface area contributed by atoms with Crippen molar-refractivity contribution in [1.82, 2.24) is 4.40 Å². The smallest absolute Gasteiger partial charge is 0.136 e. The van der Waals surface area contributed by atoms with Crippen LogP contribution >= 0.6 is 0 Å². The summed E-state index contributed by atoms with van der Waals surface area (Å²) in [4.78, 5) is 5.63. The van der Waals surface area contributed by atoms with Crippen molar-refractivity contribution in [2.45, 2.75) is 19.4 Å². The lowest BCUT2D eigenvalue weighted by atomic mass is 9.78. The van der Waals surface area contributed by atoms with Gasteiger partial charge < -0.3 is 13.2 Å². The lowest BCUT2D eigenvalue weighted by Gasteiger charge is -2.31. The van der Waals surface area contributed by atoms with Gasteiger partial charge in [0, 0.05) is 49.0 Å². The number of aliphatic imine (C=N–C) groups is 1. The van der Waals surface area contributed by atoms with Crippen molar-refractivity contribution in [2.24, 2.45) is 10.9 Å². The van der Waals surface area contributed by atoms with E-state index in [9.17, 15) is 0 Å². The highest BCUT2D eigenvalue weighted by atomic mass is 16.3. The van der Waals surface area contributed by atoms with Gasteiger partial charge in [-0.05, 0) is 100 Å². The van der Waals surface area contributed by atoms with Crippen molar-refractivity contribution < 1.29 is 8.83 Å². The minimum absolute atomic E-state index is 0.122. The fraction of sp³-hybridized carbons (Fsp3) is 0.0727. The van der Waals surface area contributed by atoms with Gasteiger partial charge in [-0.15, -0.1) is 0 Å². The van der Waals surface area contributed by atoms with Crippen LogP contribution < -0.4 is 0 Å². The summed E-state index contributed by atoms with van der Waals surface area (Å²) in [5.41, 5.74) is 15.4. The van der Waals surface area contributed by atoms with Crippen molar-refractivity contribution in [1.29, 1.82) is 0 Å². The van der Waals surface area contributed by atoms with Gasteiger partial charge in [0.15, 0.2) is 0 Å². The quantitative estimate of drug-likeness (QED) is 0.175. The molecule has 278 valence electrons. The van der Waals surface area contributed by atoms with Gasteiger partial charge in [0.2, 0.25) is 0 Å². The maximum atomic E-state index is 6.65. The van der Waals surface area contributed by atoms with E-state index in [-0.39, 0.29) is 12.0 Å². The summed E-state index contributed by atoms with van der Waals surface area (Å²) in [5.74, 6) is 0.122. The molecule has 0 spiro atoms. The SMILES string of the molecule is CC[C@@H]1C(c2ccc3c(c2)oc2ccccc23)=CC(c2ccccc2)=NC1c1cccc2oc3ccc(-c4ccc5c(c4)c4cccc6c7ccccc7n5c64)cc3c12. The number of hydrogen-bond donors (Lipinski definition) is 0. The first kappa shape index (κ1) is 32.6. The number of furan rings is 2. The van der Waals surface area contributed by atoms with Crippen LogP contribution in [0.3, 0.4) is 0 Å². The summed E-state index contributed by atoms with van der Waals surface area (Å²) in [6.45, 7) is 2.29. The normalized spacial score (nSPS) is 16.2. The van der Waals surface area contributed by atoms with E-state index in [1.54, 1.807) is 0 Å². The van der Waals surface area contributed by atoms with Crippen LogP contribution in [-0.2, 0) is 0 Å². The summed E-state index contributed by atoms with van der Waals surface area (Å²) in [6.07, 6.45) is 3.22. The average molecular weight is 757 g/mol. The zero-order valence-corrected chi connectivity index (χ0v) is 32.3.